The van der Waals surface area contributed by atoms with E-state index < -0.39 is 5.97 Å². The van der Waals surface area contributed by atoms with E-state index in [1.807, 2.05) is 10.6 Å². The second kappa shape index (κ2) is 8.35. The van der Waals surface area contributed by atoms with E-state index >= 15 is 0 Å². The molecule has 0 amide bonds. The standard InChI is InChI=1S/C30H33NO3/c1-29(2,3)22-12-8-19(9-13-22)25-26(20-10-14-23(15-11-20)30(4,5)6)31-17-16-21(28(33)34-7)18-24(31)27(25)32/h8-18,32H,1-7H3. The first-order valence-corrected chi connectivity index (χ1v) is 11.6. The van der Waals surface area contributed by atoms with Gasteiger partial charge in [-0.05, 0) is 45.2 Å². The molecule has 1 N–H and O–H groups in total. The van der Waals surface area contributed by atoms with Crippen LogP contribution in [0, 0.1) is 0 Å². The fraction of sp³-hybridized carbons (Fsp3) is 0.300. The summed E-state index contributed by atoms with van der Waals surface area (Å²) in [5.74, 6) is -0.292. The second-order valence-corrected chi connectivity index (χ2v) is 10.9. The van der Waals surface area contributed by atoms with Gasteiger partial charge in [-0.2, -0.15) is 0 Å². The summed E-state index contributed by atoms with van der Waals surface area (Å²) in [6.45, 7) is 13.1. The van der Waals surface area contributed by atoms with Crippen LogP contribution in [0.4, 0.5) is 0 Å². The van der Waals surface area contributed by atoms with Crippen molar-refractivity contribution in [3.63, 3.8) is 0 Å². The number of fused-ring (bicyclic) bond motifs is 1. The minimum Gasteiger partial charge on any atom is -0.505 e. The van der Waals surface area contributed by atoms with Gasteiger partial charge in [0, 0.05) is 6.20 Å². The molecule has 0 spiro atoms. The predicted molar refractivity (Wildman–Crippen MR) is 139 cm³/mol. The molecule has 2 aromatic heterocycles. The summed E-state index contributed by atoms with van der Waals surface area (Å²) in [5.41, 5.74) is 7.04. The molecule has 2 heterocycles. The Hall–Kier alpha value is -3.53. The van der Waals surface area contributed by atoms with Crippen LogP contribution in [0.25, 0.3) is 27.9 Å². The van der Waals surface area contributed by atoms with E-state index in [0.717, 1.165) is 22.4 Å². The maximum atomic E-state index is 12.1. The molecular formula is C30H33NO3. The van der Waals surface area contributed by atoms with Crippen molar-refractivity contribution in [2.24, 2.45) is 0 Å². The SMILES string of the molecule is COC(=O)c1ccn2c(-c3ccc(C(C)(C)C)cc3)c(-c3ccc(C(C)(C)C)cc3)c(O)c2c1. The number of methoxy groups -OCH3 is 1. The maximum Gasteiger partial charge on any atom is 0.337 e. The number of ether oxygens (including phenoxy) is 1. The molecule has 0 atom stereocenters. The number of esters is 1. The molecule has 2 aromatic carbocycles. The topological polar surface area (TPSA) is 50.9 Å². The van der Waals surface area contributed by atoms with Gasteiger partial charge >= 0.3 is 5.97 Å². The Bertz CT molecular complexity index is 1350. The van der Waals surface area contributed by atoms with Gasteiger partial charge in [-0.25, -0.2) is 4.79 Å². The lowest BCUT2D eigenvalue weighted by Gasteiger charge is -2.20. The summed E-state index contributed by atoms with van der Waals surface area (Å²) in [4.78, 5) is 12.1. The molecule has 0 unspecified atom stereocenters. The number of nitrogens with zero attached hydrogens (tertiary/aromatic N) is 1. The van der Waals surface area contributed by atoms with Crippen LogP contribution < -0.4 is 0 Å². The highest BCUT2D eigenvalue weighted by Crippen LogP contribution is 2.44. The predicted octanol–water partition coefficient (Wildman–Crippen LogP) is 7.36. The summed E-state index contributed by atoms with van der Waals surface area (Å²) >= 11 is 0. The van der Waals surface area contributed by atoms with Gasteiger partial charge in [0.05, 0.1) is 29.4 Å². The number of rotatable bonds is 3. The fourth-order valence-electron chi connectivity index (χ4n) is 4.30. The zero-order valence-corrected chi connectivity index (χ0v) is 21.1. The number of carbonyl (C=O) groups is 1. The van der Waals surface area contributed by atoms with Crippen LogP contribution in [-0.4, -0.2) is 22.6 Å². The third kappa shape index (κ3) is 4.21. The van der Waals surface area contributed by atoms with Gasteiger partial charge in [0.2, 0.25) is 0 Å². The van der Waals surface area contributed by atoms with Crippen LogP contribution in [0.15, 0.2) is 66.9 Å². The number of carbonyl (C=O) groups excluding carboxylic acids is 1. The van der Waals surface area contributed by atoms with Crippen molar-refractivity contribution in [3.05, 3.63) is 83.6 Å². The molecule has 4 heteroatoms. The highest BCUT2D eigenvalue weighted by atomic mass is 16.5. The van der Waals surface area contributed by atoms with Gasteiger partial charge in [0.25, 0.3) is 0 Å². The summed E-state index contributed by atoms with van der Waals surface area (Å²) in [5, 5.41) is 11.4. The first-order chi connectivity index (χ1) is 15.9. The average molecular weight is 456 g/mol. The van der Waals surface area contributed by atoms with E-state index in [2.05, 4.69) is 90.1 Å². The number of benzene rings is 2. The van der Waals surface area contributed by atoms with Crippen LogP contribution in [0.1, 0.15) is 63.0 Å². The van der Waals surface area contributed by atoms with E-state index in [1.54, 1.807) is 12.1 Å². The molecule has 4 aromatic rings. The van der Waals surface area contributed by atoms with Crippen molar-refractivity contribution in [2.45, 2.75) is 52.4 Å². The lowest BCUT2D eigenvalue weighted by molar-refractivity contribution is 0.0600. The van der Waals surface area contributed by atoms with Gasteiger partial charge in [0.1, 0.15) is 5.75 Å². The van der Waals surface area contributed by atoms with E-state index in [-0.39, 0.29) is 16.6 Å². The largest absolute Gasteiger partial charge is 0.505 e. The van der Waals surface area contributed by atoms with Crippen molar-refractivity contribution in [3.8, 4) is 28.1 Å². The molecule has 0 saturated heterocycles. The lowest BCUT2D eigenvalue weighted by atomic mass is 9.85. The highest BCUT2D eigenvalue weighted by molar-refractivity contribution is 5.97. The van der Waals surface area contributed by atoms with Crippen LogP contribution in [0.5, 0.6) is 5.75 Å². The van der Waals surface area contributed by atoms with E-state index in [9.17, 15) is 9.90 Å². The normalized spacial score (nSPS) is 12.2. The van der Waals surface area contributed by atoms with Crippen LogP contribution in [-0.2, 0) is 15.6 Å². The van der Waals surface area contributed by atoms with Crippen LogP contribution in [0.3, 0.4) is 0 Å². The van der Waals surface area contributed by atoms with E-state index in [0.29, 0.717) is 11.1 Å². The average Bonchev–Trinajstić information content (AvgIpc) is 3.09. The molecule has 4 rings (SSSR count). The van der Waals surface area contributed by atoms with Crippen LogP contribution in [0.2, 0.25) is 0 Å². The Morgan fingerprint density at radius 3 is 1.76 bits per heavy atom. The van der Waals surface area contributed by atoms with E-state index in [4.69, 9.17) is 4.74 Å². The Kier molecular flexibility index (Phi) is 5.80. The fourth-order valence-corrected chi connectivity index (χ4v) is 4.30. The first-order valence-electron chi connectivity index (χ1n) is 11.6. The molecule has 34 heavy (non-hydrogen) atoms. The van der Waals surface area contributed by atoms with Crippen molar-refractivity contribution >= 4 is 11.5 Å². The number of hydrogen-bond donors (Lipinski definition) is 1. The van der Waals surface area contributed by atoms with Crippen molar-refractivity contribution in [2.75, 3.05) is 7.11 Å². The molecule has 176 valence electrons. The van der Waals surface area contributed by atoms with Gasteiger partial charge in [-0.1, -0.05) is 90.1 Å². The van der Waals surface area contributed by atoms with Gasteiger partial charge in [-0.3, -0.25) is 0 Å². The van der Waals surface area contributed by atoms with Crippen molar-refractivity contribution < 1.29 is 14.6 Å². The molecule has 0 aliphatic heterocycles. The van der Waals surface area contributed by atoms with Crippen LogP contribution >= 0.6 is 0 Å². The first kappa shape index (κ1) is 23.6. The molecule has 0 aliphatic carbocycles. The van der Waals surface area contributed by atoms with E-state index in [1.165, 1.54) is 18.2 Å². The van der Waals surface area contributed by atoms with Crippen molar-refractivity contribution in [1.82, 2.24) is 4.40 Å². The second-order valence-electron chi connectivity index (χ2n) is 10.9. The Balaban J connectivity index is 1.98. The molecule has 0 bridgehead atoms. The third-order valence-electron chi connectivity index (χ3n) is 6.40. The molecule has 0 radical (unpaired) electrons. The number of pyridine rings is 1. The Morgan fingerprint density at radius 1 is 0.794 bits per heavy atom. The molecule has 0 fully saturated rings. The maximum absolute atomic E-state index is 12.1. The van der Waals surface area contributed by atoms with Gasteiger partial charge < -0.3 is 14.2 Å². The van der Waals surface area contributed by atoms with Gasteiger partial charge in [-0.15, -0.1) is 0 Å². The summed E-state index contributed by atoms with van der Waals surface area (Å²) in [6, 6.07) is 20.2. The monoisotopic (exact) mass is 455 g/mol. The Morgan fingerprint density at radius 2 is 1.29 bits per heavy atom. The third-order valence-corrected chi connectivity index (χ3v) is 6.40. The summed E-state index contributed by atoms with van der Waals surface area (Å²) in [6.07, 6.45) is 1.82. The molecule has 0 saturated carbocycles. The summed E-state index contributed by atoms with van der Waals surface area (Å²) in [7, 11) is 1.36. The lowest BCUT2D eigenvalue weighted by Crippen LogP contribution is -2.10. The highest BCUT2D eigenvalue weighted by Gasteiger charge is 2.23. The zero-order valence-electron chi connectivity index (χ0n) is 21.1. The number of hydrogen-bond acceptors (Lipinski definition) is 3. The number of aromatic hydroxyl groups is 1. The quantitative estimate of drug-likeness (QED) is 0.328. The molecule has 0 aliphatic rings. The number of aromatic nitrogens is 1. The molecular weight excluding hydrogens is 422 g/mol. The van der Waals surface area contributed by atoms with Gasteiger partial charge in [0.15, 0.2) is 0 Å². The Labute approximate surface area is 201 Å². The smallest absolute Gasteiger partial charge is 0.337 e. The minimum absolute atomic E-state index is 0.0348. The van der Waals surface area contributed by atoms with Crippen molar-refractivity contribution in [1.29, 1.82) is 0 Å². The summed E-state index contributed by atoms with van der Waals surface area (Å²) < 4.78 is 6.84. The minimum atomic E-state index is -0.435. The molecule has 4 nitrogen and oxygen atoms in total. The zero-order chi connectivity index (χ0) is 24.8.